The molecule has 0 unspecified atom stereocenters. The molecular weight excluding hydrogens is 608 g/mol. The lowest BCUT2D eigenvalue weighted by Gasteiger charge is -2.32. The van der Waals surface area contributed by atoms with Gasteiger partial charge in [-0.2, -0.15) is 0 Å². The number of benzene rings is 4. The standard InChI is InChI=1S/C36H36N8O4/c1-25-11-13-26(14-12-25)19-20-39-35(46)36(23-28-7-2-3-8-29(28)24-40-43-37)33(31-9-4-5-10-32(31)42-44-38)48-34(41-36)27-15-17-30(18-16-27)47-22-6-21-45/h2-5,7-18,33,45H,6,19-24H2,1H3,(H,39,46)/t33-,36-/m1/s1. The van der Waals surface area contributed by atoms with Crippen LogP contribution >= 0.6 is 0 Å². The molecule has 0 saturated heterocycles. The van der Waals surface area contributed by atoms with E-state index in [0.717, 1.165) is 22.3 Å². The molecule has 244 valence electrons. The monoisotopic (exact) mass is 644 g/mol. The Kier molecular flexibility index (Phi) is 11.3. The highest BCUT2D eigenvalue weighted by molar-refractivity contribution is 6.01. The number of carbonyl (C=O) groups excluding carboxylic acids is 1. The van der Waals surface area contributed by atoms with Crippen molar-refractivity contribution in [3.05, 3.63) is 151 Å². The van der Waals surface area contributed by atoms with Crippen molar-refractivity contribution < 1.29 is 19.4 Å². The zero-order valence-corrected chi connectivity index (χ0v) is 26.6. The maximum absolute atomic E-state index is 14.6. The number of aliphatic hydroxyl groups is 1. The van der Waals surface area contributed by atoms with Crippen molar-refractivity contribution in [1.29, 1.82) is 0 Å². The highest BCUT2D eigenvalue weighted by Gasteiger charge is 2.54. The summed E-state index contributed by atoms with van der Waals surface area (Å²) in [6.45, 7) is 2.86. The number of aliphatic imine (C=N–C) groups is 1. The molecule has 0 fully saturated rings. The van der Waals surface area contributed by atoms with Crippen LogP contribution in [0.15, 0.2) is 112 Å². The summed E-state index contributed by atoms with van der Waals surface area (Å²) in [6, 6.07) is 29.7. The van der Waals surface area contributed by atoms with Crippen LogP contribution in [0.25, 0.3) is 20.9 Å². The molecule has 0 radical (unpaired) electrons. The first kappa shape index (κ1) is 33.6. The smallest absolute Gasteiger partial charge is 0.252 e. The minimum absolute atomic E-state index is 0.0304. The van der Waals surface area contributed by atoms with Gasteiger partial charge in [-0.15, -0.1) is 0 Å². The van der Waals surface area contributed by atoms with Gasteiger partial charge in [0, 0.05) is 52.6 Å². The van der Waals surface area contributed by atoms with Gasteiger partial charge in [-0.1, -0.05) is 88.6 Å². The van der Waals surface area contributed by atoms with Gasteiger partial charge in [-0.05, 0) is 65.4 Å². The number of aryl methyl sites for hydroxylation is 1. The predicted molar refractivity (Wildman–Crippen MR) is 183 cm³/mol. The third-order valence-electron chi connectivity index (χ3n) is 8.10. The first-order valence-electron chi connectivity index (χ1n) is 15.6. The van der Waals surface area contributed by atoms with Crippen LogP contribution in [0.2, 0.25) is 0 Å². The number of nitrogens with zero attached hydrogens (tertiary/aromatic N) is 7. The van der Waals surface area contributed by atoms with E-state index in [0.29, 0.717) is 48.6 Å². The summed E-state index contributed by atoms with van der Waals surface area (Å²) >= 11 is 0. The lowest BCUT2D eigenvalue weighted by molar-refractivity contribution is -0.128. The van der Waals surface area contributed by atoms with Crippen LogP contribution in [-0.2, 0) is 28.9 Å². The lowest BCUT2D eigenvalue weighted by atomic mass is 9.80. The molecule has 4 aromatic carbocycles. The third-order valence-corrected chi connectivity index (χ3v) is 8.10. The van der Waals surface area contributed by atoms with Gasteiger partial charge < -0.3 is 19.9 Å². The van der Waals surface area contributed by atoms with Crippen LogP contribution in [0.1, 0.15) is 45.9 Å². The average molecular weight is 645 g/mol. The van der Waals surface area contributed by atoms with E-state index < -0.39 is 11.6 Å². The number of azide groups is 2. The lowest BCUT2D eigenvalue weighted by Crippen LogP contribution is -2.50. The molecule has 0 spiro atoms. The summed E-state index contributed by atoms with van der Waals surface area (Å²) in [6.07, 6.45) is 0.223. The van der Waals surface area contributed by atoms with E-state index in [4.69, 9.17) is 25.1 Å². The number of hydrogen-bond donors (Lipinski definition) is 2. The highest BCUT2D eigenvalue weighted by Crippen LogP contribution is 2.45. The number of rotatable bonds is 15. The number of carbonyl (C=O) groups is 1. The SMILES string of the molecule is Cc1ccc(CCNC(=O)[C@]2(Cc3ccccc3CN=[N+]=[N-])N=C(c3ccc(OCCCO)cc3)O[C@@H]2c2ccccc2N=[N+]=[N-])cc1. The number of ether oxygens (including phenoxy) is 2. The van der Waals surface area contributed by atoms with Crippen LogP contribution in [0.4, 0.5) is 5.69 Å². The first-order chi connectivity index (χ1) is 23.5. The molecule has 12 heteroatoms. The van der Waals surface area contributed by atoms with Crippen molar-refractivity contribution in [2.24, 2.45) is 15.2 Å². The van der Waals surface area contributed by atoms with Crippen molar-refractivity contribution in [3.63, 3.8) is 0 Å². The number of hydrogen-bond acceptors (Lipinski definition) is 7. The minimum Gasteiger partial charge on any atom is -0.494 e. The van der Waals surface area contributed by atoms with Gasteiger partial charge in [0.05, 0.1) is 13.2 Å². The van der Waals surface area contributed by atoms with Gasteiger partial charge in [0.2, 0.25) is 5.90 Å². The Labute approximate surface area is 278 Å². The van der Waals surface area contributed by atoms with Gasteiger partial charge in [0.1, 0.15) is 5.75 Å². The summed E-state index contributed by atoms with van der Waals surface area (Å²) in [7, 11) is 0. The second-order valence-corrected chi connectivity index (χ2v) is 11.4. The third kappa shape index (κ3) is 7.94. The van der Waals surface area contributed by atoms with Gasteiger partial charge >= 0.3 is 0 Å². The molecule has 12 nitrogen and oxygen atoms in total. The molecule has 0 saturated carbocycles. The Balaban J connectivity index is 1.60. The van der Waals surface area contributed by atoms with Crippen molar-refractivity contribution in [1.82, 2.24) is 5.32 Å². The molecule has 4 aromatic rings. The summed E-state index contributed by atoms with van der Waals surface area (Å²) in [5, 5.41) is 19.9. The zero-order chi connectivity index (χ0) is 33.8. The maximum atomic E-state index is 14.6. The van der Waals surface area contributed by atoms with E-state index >= 15 is 0 Å². The second-order valence-electron chi connectivity index (χ2n) is 11.4. The van der Waals surface area contributed by atoms with E-state index in [2.05, 4.69) is 25.4 Å². The molecule has 1 amide bonds. The second kappa shape index (κ2) is 16.2. The van der Waals surface area contributed by atoms with E-state index in [1.54, 1.807) is 48.5 Å². The minimum atomic E-state index is -1.55. The highest BCUT2D eigenvalue weighted by atomic mass is 16.5. The fraction of sp³-hybridized carbons (Fsp3) is 0.278. The molecule has 0 bridgehead atoms. The first-order valence-corrected chi connectivity index (χ1v) is 15.6. The largest absolute Gasteiger partial charge is 0.494 e. The fourth-order valence-electron chi connectivity index (χ4n) is 5.62. The van der Waals surface area contributed by atoms with Crippen molar-refractivity contribution in [2.45, 2.75) is 44.4 Å². The van der Waals surface area contributed by atoms with Crippen molar-refractivity contribution in [3.8, 4) is 5.75 Å². The number of aliphatic hydroxyl groups excluding tert-OH is 1. The Morgan fingerprint density at radius 2 is 1.71 bits per heavy atom. The Morgan fingerprint density at radius 1 is 0.979 bits per heavy atom. The Morgan fingerprint density at radius 3 is 2.44 bits per heavy atom. The molecule has 2 N–H and O–H groups in total. The number of amides is 1. The van der Waals surface area contributed by atoms with Gasteiger partial charge in [0.15, 0.2) is 11.6 Å². The quantitative estimate of drug-likeness (QED) is 0.0594. The zero-order valence-electron chi connectivity index (χ0n) is 26.6. The molecule has 2 atom stereocenters. The van der Waals surface area contributed by atoms with Crippen LogP contribution in [0.3, 0.4) is 0 Å². The molecule has 1 heterocycles. The normalized spacial score (nSPS) is 16.5. The topological polar surface area (TPSA) is 178 Å². The van der Waals surface area contributed by atoms with Crippen molar-refractivity contribution in [2.75, 3.05) is 19.8 Å². The van der Waals surface area contributed by atoms with Gasteiger partial charge in [-0.25, -0.2) is 4.99 Å². The molecule has 0 aliphatic carbocycles. The summed E-state index contributed by atoms with van der Waals surface area (Å²) in [5.74, 6) is 0.481. The Hall–Kier alpha value is -5.80. The van der Waals surface area contributed by atoms with E-state index in [1.807, 2.05) is 55.5 Å². The van der Waals surface area contributed by atoms with Crippen LogP contribution in [0.5, 0.6) is 5.75 Å². The molecule has 48 heavy (non-hydrogen) atoms. The molecule has 5 rings (SSSR count). The van der Waals surface area contributed by atoms with E-state index in [9.17, 15) is 10.3 Å². The predicted octanol–water partition coefficient (Wildman–Crippen LogP) is 7.37. The summed E-state index contributed by atoms with van der Waals surface area (Å²) < 4.78 is 12.3. The van der Waals surface area contributed by atoms with Crippen LogP contribution in [0, 0.1) is 6.92 Å². The number of nitrogens with one attached hydrogen (secondary N) is 1. The maximum Gasteiger partial charge on any atom is 0.252 e. The van der Waals surface area contributed by atoms with Gasteiger partial charge in [0.25, 0.3) is 5.91 Å². The molecule has 0 aromatic heterocycles. The molecule has 1 aliphatic rings. The van der Waals surface area contributed by atoms with E-state index in [1.165, 1.54) is 0 Å². The van der Waals surface area contributed by atoms with Crippen LogP contribution < -0.4 is 10.1 Å². The summed E-state index contributed by atoms with van der Waals surface area (Å²) in [5.41, 5.74) is 22.1. The van der Waals surface area contributed by atoms with Crippen LogP contribution in [-0.4, -0.2) is 42.2 Å². The molecular formula is C36H36N8O4. The van der Waals surface area contributed by atoms with Gasteiger partial charge in [-0.3, -0.25) is 4.79 Å². The van der Waals surface area contributed by atoms with E-state index in [-0.39, 0.29) is 31.4 Å². The average Bonchev–Trinajstić information content (AvgIpc) is 3.49. The summed E-state index contributed by atoms with van der Waals surface area (Å²) in [4.78, 5) is 25.7. The van der Waals surface area contributed by atoms with Crippen molar-refractivity contribution >= 4 is 17.5 Å². The Bertz CT molecular complexity index is 1850. The fourth-order valence-corrected chi connectivity index (χ4v) is 5.62. The molecule has 1 aliphatic heterocycles.